The number of nitrogens with one attached hydrogen (secondary N) is 1. The molecule has 20 heavy (non-hydrogen) atoms. The van der Waals surface area contributed by atoms with Gasteiger partial charge in [0, 0.05) is 24.0 Å². The van der Waals surface area contributed by atoms with Crippen LogP contribution in [0.5, 0.6) is 0 Å². The normalized spacial score (nSPS) is 14.6. The molecule has 1 N–H and O–H groups in total. The van der Waals surface area contributed by atoms with Gasteiger partial charge >= 0.3 is 0 Å². The Kier molecular flexibility index (Phi) is 3.42. The lowest BCUT2D eigenvalue weighted by Gasteiger charge is -2.22. The quantitative estimate of drug-likeness (QED) is 0.923. The number of nitrogens with zero attached hydrogens (tertiary/aromatic N) is 2. The van der Waals surface area contributed by atoms with Crippen molar-refractivity contribution in [3.05, 3.63) is 71.2 Å². The minimum absolute atomic E-state index is 0.856. The topological polar surface area (TPSA) is 28.2 Å². The maximum atomic E-state index is 4.40. The van der Waals surface area contributed by atoms with E-state index in [0.717, 1.165) is 18.7 Å². The second kappa shape index (κ2) is 5.37. The summed E-state index contributed by atoms with van der Waals surface area (Å²) < 4.78 is 0. The van der Waals surface area contributed by atoms with Crippen molar-refractivity contribution >= 4 is 5.69 Å². The van der Waals surface area contributed by atoms with Crippen molar-refractivity contribution in [1.82, 2.24) is 10.4 Å². The molecule has 1 aromatic heterocycles. The van der Waals surface area contributed by atoms with Crippen molar-refractivity contribution in [3.63, 3.8) is 0 Å². The van der Waals surface area contributed by atoms with E-state index in [2.05, 4.69) is 59.6 Å². The first-order chi connectivity index (χ1) is 9.74. The maximum absolute atomic E-state index is 4.40. The summed E-state index contributed by atoms with van der Waals surface area (Å²) in [5.74, 6) is 0. The molecule has 102 valence electrons. The first-order valence-electron chi connectivity index (χ1n) is 6.92. The Morgan fingerprint density at radius 2 is 1.90 bits per heavy atom. The van der Waals surface area contributed by atoms with E-state index in [-0.39, 0.29) is 0 Å². The van der Waals surface area contributed by atoms with Gasteiger partial charge in [-0.2, -0.15) is 0 Å². The van der Waals surface area contributed by atoms with Crippen molar-refractivity contribution in [3.8, 4) is 0 Å². The van der Waals surface area contributed by atoms with Crippen molar-refractivity contribution in [2.75, 3.05) is 11.6 Å². The van der Waals surface area contributed by atoms with Crippen LogP contribution < -0.4 is 10.4 Å². The van der Waals surface area contributed by atoms with Crippen molar-refractivity contribution in [2.45, 2.75) is 20.3 Å². The monoisotopic (exact) mass is 265 g/mol. The lowest BCUT2D eigenvalue weighted by molar-refractivity contribution is 0.776. The molecule has 0 spiro atoms. The lowest BCUT2D eigenvalue weighted by Crippen LogP contribution is -2.33. The number of rotatable bonds is 3. The minimum Gasteiger partial charge on any atom is -0.302 e. The minimum atomic E-state index is 0.856. The summed E-state index contributed by atoms with van der Waals surface area (Å²) in [6.45, 7) is 5.25. The second-order valence-corrected chi connectivity index (χ2v) is 5.24. The highest BCUT2D eigenvalue weighted by molar-refractivity contribution is 5.55. The van der Waals surface area contributed by atoms with E-state index >= 15 is 0 Å². The van der Waals surface area contributed by atoms with Crippen molar-refractivity contribution < 1.29 is 0 Å². The highest BCUT2D eigenvalue weighted by Gasteiger charge is 2.20. The Hall–Kier alpha value is -2.29. The number of aromatic nitrogens is 1. The first kappa shape index (κ1) is 12.7. The van der Waals surface area contributed by atoms with Crippen LogP contribution >= 0.6 is 0 Å². The summed E-state index contributed by atoms with van der Waals surface area (Å²) in [6, 6.07) is 14.5. The molecule has 0 amide bonds. The third-order valence-corrected chi connectivity index (χ3v) is 3.67. The largest absolute Gasteiger partial charge is 0.302 e. The SMILES string of the molecule is CC1=C(Cc2ccccn2)NN(c2ccccc2C)C1. The number of hydrogen-bond donors (Lipinski definition) is 1. The molecule has 0 aliphatic carbocycles. The number of benzene rings is 1. The number of allylic oxidation sites excluding steroid dienone is 1. The smallest absolute Gasteiger partial charge is 0.0622 e. The highest BCUT2D eigenvalue weighted by atomic mass is 15.5. The predicted octanol–water partition coefficient (Wildman–Crippen LogP) is 3.23. The summed E-state index contributed by atoms with van der Waals surface area (Å²) >= 11 is 0. The fraction of sp³-hybridized carbons (Fsp3) is 0.235. The number of pyridine rings is 1. The van der Waals surface area contributed by atoms with E-state index in [1.165, 1.54) is 22.5 Å². The van der Waals surface area contributed by atoms with Crippen LogP contribution in [0, 0.1) is 6.92 Å². The average Bonchev–Trinajstić information content (AvgIpc) is 2.81. The number of hydrazine groups is 1. The van der Waals surface area contributed by atoms with Gasteiger partial charge in [-0.1, -0.05) is 24.3 Å². The molecule has 0 saturated heterocycles. The zero-order chi connectivity index (χ0) is 13.9. The van der Waals surface area contributed by atoms with Crippen LogP contribution in [0.4, 0.5) is 5.69 Å². The van der Waals surface area contributed by atoms with E-state index in [9.17, 15) is 0 Å². The zero-order valence-corrected chi connectivity index (χ0v) is 11.9. The zero-order valence-electron chi connectivity index (χ0n) is 11.9. The molecule has 0 bridgehead atoms. The molecule has 1 aromatic carbocycles. The van der Waals surface area contributed by atoms with Crippen LogP contribution in [0.25, 0.3) is 0 Å². The fourth-order valence-electron chi connectivity index (χ4n) is 2.52. The molecule has 3 heteroatoms. The molecule has 2 aromatic rings. The summed E-state index contributed by atoms with van der Waals surface area (Å²) in [6.07, 6.45) is 2.70. The number of para-hydroxylation sites is 1. The molecule has 2 heterocycles. The van der Waals surface area contributed by atoms with Gasteiger partial charge in [0.25, 0.3) is 0 Å². The van der Waals surface area contributed by atoms with Crippen LogP contribution in [0.15, 0.2) is 59.9 Å². The number of aryl methyl sites for hydroxylation is 1. The predicted molar refractivity (Wildman–Crippen MR) is 82.3 cm³/mol. The van der Waals surface area contributed by atoms with Crippen LogP contribution in [-0.4, -0.2) is 11.5 Å². The number of hydrogen-bond acceptors (Lipinski definition) is 3. The first-order valence-corrected chi connectivity index (χ1v) is 6.92. The van der Waals surface area contributed by atoms with E-state index in [1.807, 2.05) is 18.3 Å². The Morgan fingerprint density at radius 1 is 1.10 bits per heavy atom. The molecule has 3 nitrogen and oxygen atoms in total. The standard InChI is InChI=1S/C17H19N3/c1-13-7-3-4-9-17(13)20-12-14(2)16(19-20)11-15-8-5-6-10-18-15/h3-10,19H,11-12H2,1-2H3. The molecule has 1 aliphatic rings. The highest BCUT2D eigenvalue weighted by Crippen LogP contribution is 2.24. The van der Waals surface area contributed by atoms with Crippen molar-refractivity contribution in [1.29, 1.82) is 0 Å². The third kappa shape index (κ3) is 2.52. The van der Waals surface area contributed by atoms with Gasteiger partial charge in [0.15, 0.2) is 0 Å². The van der Waals surface area contributed by atoms with Crippen LogP contribution in [0.1, 0.15) is 18.2 Å². The van der Waals surface area contributed by atoms with Gasteiger partial charge in [-0.05, 0) is 43.2 Å². The molecule has 3 rings (SSSR count). The molecule has 1 aliphatic heterocycles. The Balaban J connectivity index is 1.76. The molecule has 0 atom stereocenters. The van der Waals surface area contributed by atoms with Gasteiger partial charge < -0.3 is 5.43 Å². The summed E-state index contributed by atoms with van der Waals surface area (Å²) in [5.41, 5.74) is 9.77. The third-order valence-electron chi connectivity index (χ3n) is 3.67. The molecule has 0 fully saturated rings. The van der Waals surface area contributed by atoms with Gasteiger partial charge in [-0.3, -0.25) is 9.99 Å². The number of anilines is 1. The second-order valence-electron chi connectivity index (χ2n) is 5.24. The fourth-order valence-corrected chi connectivity index (χ4v) is 2.52. The lowest BCUT2D eigenvalue weighted by atomic mass is 10.1. The molecule has 0 saturated carbocycles. The van der Waals surface area contributed by atoms with Gasteiger partial charge in [0.1, 0.15) is 0 Å². The van der Waals surface area contributed by atoms with Crippen molar-refractivity contribution in [2.24, 2.45) is 0 Å². The van der Waals surface area contributed by atoms with E-state index in [1.54, 1.807) is 0 Å². The van der Waals surface area contributed by atoms with E-state index in [0.29, 0.717) is 0 Å². The van der Waals surface area contributed by atoms with Gasteiger partial charge in [-0.15, -0.1) is 0 Å². The van der Waals surface area contributed by atoms with Gasteiger partial charge in [0.05, 0.1) is 12.2 Å². The van der Waals surface area contributed by atoms with Crippen LogP contribution in [0.2, 0.25) is 0 Å². The molecular weight excluding hydrogens is 246 g/mol. The Bertz CT molecular complexity index is 632. The summed E-state index contributed by atoms with van der Waals surface area (Å²) in [7, 11) is 0. The average molecular weight is 265 g/mol. The molecule has 0 radical (unpaired) electrons. The Morgan fingerprint density at radius 3 is 2.65 bits per heavy atom. The maximum Gasteiger partial charge on any atom is 0.0622 e. The Labute approximate surface area is 119 Å². The van der Waals surface area contributed by atoms with E-state index < -0.39 is 0 Å². The molecular formula is C17H19N3. The van der Waals surface area contributed by atoms with Crippen LogP contribution in [-0.2, 0) is 6.42 Å². The van der Waals surface area contributed by atoms with Crippen LogP contribution in [0.3, 0.4) is 0 Å². The van der Waals surface area contributed by atoms with Gasteiger partial charge in [-0.25, -0.2) is 0 Å². The summed E-state index contributed by atoms with van der Waals surface area (Å²) in [4.78, 5) is 4.40. The molecule has 0 unspecified atom stereocenters. The van der Waals surface area contributed by atoms with E-state index in [4.69, 9.17) is 0 Å². The van der Waals surface area contributed by atoms with Gasteiger partial charge in [0.2, 0.25) is 0 Å². The summed E-state index contributed by atoms with van der Waals surface area (Å²) in [5, 5.41) is 2.21.